The number of fused-ring (bicyclic) bond motifs is 1. The van der Waals surface area contributed by atoms with Crippen molar-refractivity contribution in [1.29, 1.82) is 0 Å². The molecule has 112 valence electrons. The molecule has 0 atom stereocenters. The van der Waals surface area contributed by atoms with Crippen LogP contribution in [0.4, 0.5) is 11.4 Å². The number of carbonyl (C=O) groups is 1. The van der Waals surface area contributed by atoms with Crippen LogP contribution in [0.5, 0.6) is 0 Å². The summed E-state index contributed by atoms with van der Waals surface area (Å²) in [6, 6.07) is 3.89. The Morgan fingerprint density at radius 1 is 1.05 bits per heavy atom. The molecule has 1 aliphatic rings. The van der Waals surface area contributed by atoms with E-state index >= 15 is 0 Å². The van der Waals surface area contributed by atoms with E-state index in [1.807, 2.05) is 12.1 Å². The Morgan fingerprint density at radius 2 is 1.67 bits per heavy atom. The molecule has 1 aromatic heterocycles. The summed E-state index contributed by atoms with van der Waals surface area (Å²) in [5.74, 6) is 0. The topological polar surface area (TPSA) is 59.3 Å². The Hall–Kier alpha value is -2.24. The average Bonchev–Trinajstić information content (AvgIpc) is 2.72. The minimum absolute atomic E-state index is 0.0575. The number of aryl methyl sites for hydroxylation is 2. The molecule has 0 unspecified atom stereocenters. The van der Waals surface area contributed by atoms with E-state index < -0.39 is 0 Å². The fourth-order valence-electron chi connectivity index (χ4n) is 3.11. The lowest BCUT2D eigenvalue weighted by molar-refractivity contribution is -0.105. The van der Waals surface area contributed by atoms with Crippen LogP contribution in [-0.2, 0) is 18.9 Å². The first-order valence-electron chi connectivity index (χ1n) is 7.28. The lowest BCUT2D eigenvalue weighted by atomic mass is 10.1. The van der Waals surface area contributed by atoms with Gasteiger partial charge < -0.3 is 10.2 Å². The summed E-state index contributed by atoms with van der Waals surface area (Å²) in [6.45, 7) is 1.97. The zero-order valence-electron chi connectivity index (χ0n) is 12.4. The van der Waals surface area contributed by atoms with Crippen LogP contribution in [0.1, 0.15) is 19.3 Å². The zero-order valence-corrected chi connectivity index (χ0v) is 12.4. The Kier molecular flexibility index (Phi) is 3.45. The van der Waals surface area contributed by atoms with Crippen LogP contribution in [-0.4, -0.2) is 28.6 Å². The molecular formula is C15H20N4O2. The van der Waals surface area contributed by atoms with Gasteiger partial charge >= 0.3 is 5.69 Å². The highest BCUT2D eigenvalue weighted by molar-refractivity contribution is 5.92. The molecule has 0 saturated carbocycles. The van der Waals surface area contributed by atoms with Crippen molar-refractivity contribution in [2.24, 2.45) is 14.1 Å². The molecule has 0 bridgehead atoms. The number of amides is 1. The molecule has 1 saturated heterocycles. The molecule has 1 amide bonds. The molecule has 2 aromatic rings. The van der Waals surface area contributed by atoms with E-state index in [0.717, 1.165) is 48.3 Å². The van der Waals surface area contributed by atoms with Crippen molar-refractivity contribution in [2.45, 2.75) is 19.3 Å². The third-order valence-corrected chi connectivity index (χ3v) is 4.30. The number of aromatic nitrogens is 2. The van der Waals surface area contributed by atoms with Gasteiger partial charge in [0.1, 0.15) is 0 Å². The van der Waals surface area contributed by atoms with Crippen LogP contribution in [0.3, 0.4) is 0 Å². The van der Waals surface area contributed by atoms with Gasteiger partial charge in [0.15, 0.2) is 0 Å². The van der Waals surface area contributed by atoms with Gasteiger partial charge in [-0.15, -0.1) is 0 Å². The lowest BCUT2D eigenvalue weighted by Gasteiger charge is -2.30. The number of rotatable bonds is 3. The number of hydrogen-bond donors (Lipinski definition) is 1. The summed E-state index contributed by atoms with van der Waals surface area (Å²) in [5.41, 5.74) is 3.42. The molecule has 1 N–H and O–H groups in total. The second-order valence-electron chi connectivity index (χ2n) is 5.57. The molecule has 2 heterocycles. The minimum atomic E-state index is -0.0575. The van der Waals surface area contributed by atoms with Crippen molar-refractivity contribution in [1.82, 2.24) is 9.13 Å². The molecule has 0 radical (unpaired) electrons. The van der Waals surface area contributed by atoms with Crippen molar-refractivity contribution >= 4 is 28.8 Å². The van der Waals surface area contributed by atoms with E-state index in [1.54, 1.807) is 23.2 Å². The summed E-state index contributed by atoms with van der Waals surface area (Å²) in [5, 5.41) is 2.77. The maximum absolute atomic E-state index is 12.1. The van der Waals surface area contributed by atoms with Crippen molar-refractivity contribution in [2.75, 3.05) is 23.3 Å². The number of imidazole rings is 1. The standard InChI is InChI=1S/C15H20N4O2/c1-17-13-8-11(16-10-20)12(19-6-4-3-5-7-19)9-14(13)18(2)15(17)21/h8-10H,3-7H2,1-2H3,(H,16,20). The molecule has 21 heavy (non-hydrogen) atoms. The predicted octanol–water partition coefficient (Wildman–Crippen LogP) is 1.44. The van der Waals surface area contributed by atoms with Gasteiger partial charge in [0.2, 0.25) is 6.41 Å². The van der Waals surface area contributed by atoms with E-state index in [1.165, 1.54) is 6.42 Å². The first kappa shape index (κ1) is 13.7. The van der Waals surface area contributed by atoms with Crippen LogP contribution in [0.25, 0.3) is 11.0 Å². The van der Waals surface area contributed by atoms with Crippen LogP contribution in [0.15, 0.2) is 16.9 Å². The van der Waals surface area contributed by atoms with Gasteiger partial charge in [0.25, 0.3) is 0 Å². The lowest BCUT2D eigenvalue weighted by Crippen LogP contribution is -2.30. The van der Waals surface area contributed by atoms with Gasteiger partial charge in [-0.1, -0.05) is 0 Å². The highest BCUT2D eigenvalue weighted by Gasteiger charge is 2.18. The monoisotopic (exact) mass is 288 g/mol. The van der Waals surface area contributed by atoms with Crippen molar-refractivity contribution < 1.29 is 4.79 Å². The molecule has 1 fully saturated rings. The van der Waals surface area contributed by atoms with Crippen LogP contribution < -0.4 is 15.9 Å². The van der Waals surface area contributed by atoms with Crippen LogP contribution >= 0.6 is 0 Å². The molecule has 0 spiro atoms. The Morgan fingerprint density at radius 3 is 2.29 bits per heavy atom. The first-order valence-corrected chi connectivity index (χ1v) is 7.28. The van der Waals surface area contributed by atoms with Gasteiger partial charge in [-0.25, -0.2) is 4.79 Å². The Bertz CT molecular complexity index is 738. The number of nitrogens with zero attached hydrogens (tertiary/aromatic N) is 3. The zero-order chi connectivity index (χ0) is 15.0. The summed E-state index contributed by atoms with van der Waals surface area (Å²) in [6.07, 6.45) is 4.26. The number of benzene rings is 1. The summed E-state index contributed by atoms with van der Waals surface area (Å²) >= 11 is 0. The number of anilines is 2. The van der Waals surface area contributed by atoms with E-state index in [9.17, 15) is 9.59 Å². The SMILES string of the molecule is Cn1c(=O)n(C)c2cc(N3CCCCC3)c(NC=O)cc21. The molecule has 3 rings (SSSR count). The van der Waals surface area contributed by atoms with Crippen LogP contribution in [0.2, 0.25) is 0 Å². The van der Waals surface area contributed by atoms with Gasteiger partial charge in [-0.3, -0.25) is 13.9 Å². The van der Waals surface area contributed by atoms with Crippen molar-refractivity contribution in [3.8, 4) is 0 Å². The quantitative estimate of drug-likeness (QED) is 0.869. The van der Waals surface area contributed by atoms with E-state index in [4.69, 9.17) is 0 Å². The fraction of sp³-hybridized carbons (Fsp3) is 0.467. The third kappa shape index (κ3) is 2.20. The number of nitrogens with one attached hydrogen (secondary N) is 1. The minimum Gasteiger partial charge on any atom is -0.370 e. The van der Waals surface area contributed by atoms with E-state index in [-0.39, 0.29) is 5.69 Å². The van der Waals surface area contributed by atoms with E-state index in [2.05, 4.69) is 10.2 Å². The average molecular weight is 288 g/mol. The number of hydrogen-bond acceptors (Lipinski definition) is 3. The van der Waals surface area contributed by atoms with E-state index in [0.29, 0.717) is 6.41 Å². The Balaban J connectivity index is 2.20. The Labute approximate surface area is 123 Å². The molecule has 0 aliphatic carbocycles. The highest BCUT2D eigenvalue weighted by atomic mass is 16.1. The summed E-state index contributed by atoms with van der Waals surface area (Å²) in [4.78, 5) is 25.3. The van der Waals surface area contributed by atoms with Crippen molar-refractivity contribution in [3.05, 3.63) is 22.6 Å². The van der Waals surface area contributed by atoms with Gasteiger partial charge in [-0.05, 0) is 31.4 Å². The normalized spacial score (nSPS) is 15.4. The van der Waals surface area contributed by atoms with Gasteiger partial charge in [0.05, 0.1) is 22.4 Å². The highest BCUT2D eigenvalue weighted by Crippen LogP contribution is 2.32. The maximum atomic E-state index is 12.1. The second-order valence-corrected chi connectivity index (χ2v) is 5.57. The van der Waals surface area contributed by atoms with Gasteiger partial charge in [0, 0.05) is 27.2 Å². The third-order valence-electron chi connectivity index (χ3n) is 4.30. The van der Waals surface area contributed by atoms with Crippen LogP contribution in [0, 0.1) is 0 Å². The maximum Gasteiger partial charge on any atom is 0.328 e. The summed E-state index contributed by atoms with van der Waals surface area (Å²) in [7, 11) is 3.52. The molecule has 1 aromatic carbocycles. The molecule has 6 nitrogen and oxygen atoms in total. The summed E-state index contributed by atoms with van der Waals surface area (Å²) < 4.78 is 3.25. The smallest absolute Gasteiger partial charge is 0.328 e. The fourth-order valence-corrected chi connectivity index (χ4v) is 3.11. The molecular weight excluding hydrogens is 268 g/mol. The molecule has 1 aliphatic heterocycles. The largest absolute Gasteiger partial charge is 0.370 e. The number of carbonyl (C=O) groups excluding carboxylic acids is 1. The predicted molar refractivity (Wildman–Crippen MR) is 83.9 cm³/mol. The van der Waals surface area contributed by atoms with Gasteiger partial charge in [-0.2, -0.15) is 0 Å². The second kappa shape index (κ2) is 5.27. The van der Waals surface area contributed by atoms with Crippen molar-refractivity contribution in [3.63, 3.8) is 0 Å². The molecule has 6 heteroatoms. The number of piperidine rings is 1. The first-order chi connectivity index (χ1) is 10.1.